The van der Waals surface area contributed by atoms with Gasteiger partial charge in [0.1, 0.15) is 0 Å². The van der Waals surface area contributed by atoms with Crippen LogP contribution in [0.15, 0.2) is 171 Å². The zero-order chi connectivity index (χ0) is 67.8. The summed E-state index contributed by atoms with van der Waals surface area (Å²) >= 11 is 5.21. The molecule has 0 saturated heterocycles. The second-order valence-corrected chi connectivity index (χ2v) is 27.3. The van der Waals surface area contributed by atoms with Gasteiger partial charge in [-0.1, -0.05) is 93.5 Å². The van der Waals surface area contributed by atoms with Gasteiger partial charge in [0.25, 0.3) is 0 Å². The minimum Gasteiger partial charge on any atom is -0.743 e. The molecule has 0 amide bonds. The Morgan fingerprint density at radius 1 is 0.378 bits per heavy atom. The summed E-state index contributed by atoms with van der Waals surface area (Å²) in [4.78, 5) is 47.7. The molecule has 490 valence electrons. The molecule has 0 aliphatic carbocycles. The van der Waals surface area contributed by atoms with Gasteiger partial charge in [0.05, 0.1) is 10.9 Å². The molecular weight excluding hydrogens is 1320 g/mol. The molecule has 0 heterocycles. The van der Waals surface area contributed by atoms with Gasteiger partial charge >= 0.3 is 47.0 Å². The monoisotopic (exact) mass is 1380 g/mol. The van der Waals surface area contributed by atoms with Gasteiger partial charge in [-0.05, 0) is 185 Å². The van der Waals surface area contributed by atoms with E-state index in [-0.39, 0.29) is 28.2 Å². The molecule has 6 aromatic carbocycles. The highest BCUT2D eigenvalue weighted by Crippen LogP contribution is 2.64. The van der Waals surface area contributed by atoms with Gasteiger partial charge in [-0.15, -0.1) is 0 Å². The first kappa shape index (κ1) is 75.2. The maximum absolute atomic E-state index is 13.0. The van der Waals surface area contributed by atoms with Crippen molar-refractivity contribution in [2.45, 2.75) is 190 Å². The van der Waals surface area contributed by atoms with Gasteiger partial charge in [0.15, 0.2) is 42.2 Å². The smallest absolute Gasteiger partial charge is 0.460 e. The van der Waals surface area contributed by atoms with Crippen LogP contribution in [0.2, 0.25) is 0 Å². The number of hydrogen-bond donors (Lipinski definition) is 0. The lowest BCUT2D eigenvalue weighted by molar-refractivity contribution is -0.458. The third-order valence-corrected chi connectivity index (χ3v) is 19.8. The van der Waals surface area contributed by atoms with E-state index in [9.17, 15) is 102 Å². The predicted molar refractivity (Wildman–Crippen MR) is 309 cm³/mol. The van der Waals surface area contributed by atoms with E-state index in [2.05, 4.69) is 130 Å². The van der Waals surface area contributed by atoms with Crippen LogP contribution >= 0.6 is 35.3 Å². The topological polar surface area (TPSA) is 108 Å². The number of ketones is 3. The Morgan fingerprint density at radius 2 is 0.611 bits per heavy atom. The summed E-state index contributed by atoms with van der Waals surface area (Å²) in [6, 6.07) is 45.7. The number of rotatable bonds is 28. The fraction of sp³-hybridized carbons (Fsp3) is 0.371. The molecule has 0 aliphatic rings. The van der Waals surface area contributed by atoms with Crippen molar-refractivity contribution < 1.29 is 102 Å². The van der Waals surface area contributed by atoms with Crippen LogP contribution in [0, 0.1) is 0 Å². The zero-order valence-electron chi connectivity index (χ0n) is 48.4. The number of halogens is 17. The van der Waals surface area contributed by atoms with Gasteiger partial charge in [0.2, 0.25) is 0 Å². The Morgan fingerprint density at radius 3 is 0.833 bits per heavy atom. The van der Waals surface area contributed by atoms with Crippen molar-refractivity contribution in [1.29, 1.82) is 0 Å². The maximum atomic E-state index is 13.0. The average molecular weight is 1380 g/mol. The Balaban J connectivity index is 0.000000428. The lowest BCUT2D eigenvalue weighted by Gasteiger charge is -2.42. The summed E-state index contributed by atoms with van der Waals surface area (Å²) in [5.74, 6) is -51.8. The molecule has 0 aromatic heterocycles. The molecule has 0 radical (unpaired) electrons. The van der Waals surface area contributed by atoms with Crippen molar-refractivity contribution in [2.75, 3.05) is 0 Å². The molecule has 0 saturated carbocycles. The Kier molecular flexibility index (Phi) is 24.7. The lowest BCUT2D eigenvalue weighted by atomic mass is 9.91. The van der Waals surface area contributed by atoms with E-state index >= 15 is 0 Å². The average Bonchev–Trinajstić information content (AvgIpc) is 0.696. The first-order chi connectivity index (χ1) is 41.6. The summed E-state index contributed by atoms with van der Waals surface area (Å²) in [5.41, 5.74) is 5.89. The molecular formula is C62H57F17O6S5. The second kappa shape index (κ2) is 29.6. The predicted octanol–water partition coefficient (Wildman–Crippen LogP) is 20.4. The van der Waals surface area contributed by atoms with Gasteiger partial charge in [-0.2, -0.15) is 74.6 Å². The molecule has 6 rings (SSSR count). The van der Waals surface area contributed by atoms with Crippen LogP contribution in [0.1, 0.15) is 128 Å². The fourth-order valence-electron chi connectivity index (χ4n) is 8.71. The van der Waals surface area contributed by atoms with Crippen LogP contribution in [0.3, 0.4) is 0 Å². The van der Waals surface area contributed by atoms with E-state index in [1.807, 2.05) is 18.2 Å². The maximum Gasteiger partial charge on any atom is 0.460 e. The van der Waals surface area contributed by atoms with Crippen LogP contribution in [0.4, 0.5) is 74.6 Å². The molecule has 6 nitrogen and oxygen atoms in total. The SMILES string of the molecule is CCCCc1cc(Sc2ccc([S+](c3ccc(Sc4ccc(C(C)=O)c(CCCC)c4)cc3)c3ccc(Sc4ccc(C(C)=O)c(CCCC)c4)cc3)cc2)ccc1C(C)=O.O=S(=O)([O-])C(F)(F)C(F)(F)C(F)(F)C(F)(F)C(F)(F)C(F)(F)C(F)(F)C(F)(F)F. The molecule has 0 fully saturated rings. The largest absolute Gasteiger partial charge is 0.743 e. The van der Waals surface area contributed by atoms with E-state index in [0.717, 1.165) is 121 Å². The first-order valence-electron chi connectivity index (χ1n) is 27.2. The number of benzene rings is 6. The molecule has 6 aromatic rings. The van der Waals surface area contributed by atoms with Gasteiger partial charge < -0.3 is 4.55 Å². The Bertz CT molecular complexity index is 3330. The van der Waals surface area contributed by atoms with Gasteiger partial charge in [0, 0.05) is 46.1 Å². The molecule has 0 aliphatic heterocycles. The van der Waals surface area contributed by atoms with Crippen LogP contribution in [-0.4, -0.2) is 77.3 Å². The molecule has 0 spiro atoms. The number of Topliss-reactive ketones (excluding diaryl/α,β-unsaturated/α-hetero) is 3. The zero-order valence-corrected chi connectivity index (χ0v) is 52.5. The third kappa shape index (κ3) is 16.3. The molecule has 28 heteroatoms. The number of aryl methyl sites for hydroxylation is 3. The van der Waals surface area contributed by atoms with E-state index in [0.29, 0.717) is 0 Å². The van der Waals surface area contributed by atoms with Crippen LogP contribution in [0.25, 0.3) is 0 Å². The highest BCUT2D eigenvalue weighted by atomic mass is 32.2. The molecule has 90 heavy (non-hydrogen) atoms. The van der Waals surface area contributed by atoms with Crippen molar-refractivity contribution in [3.63, 3.8) is 0 Å². The summed E-state index contributed by atoms with van der Waals surface area (Å²) in [7, 11) is -8.51. The van der Waals surface area contributed by atoms with Crippen molar-refractivity contribution in [3.8, 4) is 0 Å². The molecule has 0 N–H and O–H groups in total. The van der Waals surface area contributed by atoms with Crippen molar-refractivity contribution in [2.24, 2.45) is 0 Å². The second-order valence-electron chi connectivity index (χ2n) is 20.4. The first-order valence-corrected chi connectivity index (χ1v) is 32.3. The minimum atomic E-state index is -8.92. The summed E-state index contributed by atoms with van der Waals surface area (Å²) in [5, 5.41) is -7.95. The van der Waals surface area contributed by atoms with Gasteiger partial charge in [-0.3, -0.25) is 14.4 Å². The normalized spacial score (nSPS) is 13.1. The van der Waals surface area contributed by atoms with Crippen molar-refractivity contribution in [3.05, 3.63) is 161 Å². The van der Waals surface area contributed by atoms with Gasteiger partial charge in [-0.25, -0.2) is 8.42 Å². The number of alkyl halides is 17. The Labute approximate surface area is 524 Å². The minimum absolute atomic E-state index is 0.122. The molecule has 0 unspecified atom stereocenters. The van der Waals surface area contributed by atoms with Crippen LogP contribution in [-0.2, 0) is 40.3 Å². The third-order valence-electron chi connectivity index (χ3n) is 13.7. The van der Waals surface area contributed by atoms with Crippen molar-refractivity contribution >= 4 is 73.6 Å². The summed E-state index contributed by atoms with van der Waals surface area (Å²) in [6.07, 6.45) is 1.30. The quantitative estimate of drug-likeness (QED) is 0.0205. The van der Waals surface area contributed by atoms with E-state index in [1.54, 1.807) is 56.1 Å². The van der Waals surface area contributed by atoms with E-state index in [1.165, 1.54) is 14.7 Å². The summed E-state index contributed by atoms with van der Waals surface area (Å²) < 4.78 is 244. The summed E-state index contributed by atoms with van der Waals surface area (Å²) in [6.45, 7) is 11.5. The Hall–Kier alpha value is -5.55. The number of carbonyl (C=O) groups excluding carboxylic acids is 3. The number of unbranched alkanes of at least 4 members (excludes halogenated alkanes) is 3. The highest BCUT2D eigenvalue weighted by Gasteiger charge is 2.95. The van der Waals surface area contributed by atoms with Crippen LogP contribution < -0.4 is 0 Å². The molecule has 0 atom stereocenters. The lowest BCUT2D eigenvalue weighted by Crippen LogP contribution is -2.75. The standard InChI is InChI=1S/C54H57O3S4.C8HF17O3S/c1-7-10-13-40-34-46(22-31-52(40)37(4)55)58-43-16-25-49(26-17-43)61(50-27-18-44(19-28-50)59-47-23-32-53(38(5)56)41(35-47)14-11-8-2)51-29-20-45(21-30-51)60-48-24-33-54(39(6)57)42(36-48)15-12-9-3;9-1(10,3(13,14)5(17,18)7(21,22)23)2(11,12)4(15,16)6(19,20)8(24,25)29(26,27)28/h16-36H,7-15H2,1-6H3;(H,26,27,28)/q+1;/p-1. The number of carbonyl (C=O) groups is 3. The van der Waals surface area contributed by atoms with Crippen LogP contribution in [0.5, 0.6) is 0 Å². The van der Waals surface area contributed by atoms with E-state index < -0.39 is 57.1 Å². The van der Waals surface area contributed by atoms with E-state index in [4.69, 9.17) is 0 Å². The highest BCUT2D eigenvalue weighted by molar-refractivity contribution is 8.00. The fourth-order valence-corrected chi connectivity index (χ4v) is 13.8. The molecule has 0 bridgehead atoms. The number of hydrogen-bond acceptors (Lipinski definition) is 9. The van der Waals surface area contributed by atoms with Crippen molar-refractivity contribution in [1.82, 2.24) is 0 Å².